The summed E-state index contributed by atoms with van der Waals surface area (Å²) in [6, 6.07) is -24.2. The maximum atomic E-state index is 9.63. The van der Waals surface area contributed by atoms with Crippen LogP contribution >= 0.6 is 0 Å². The normalized spacial score (nSPS) is 20.2. The molecule has 0 radical (unpaired) electrons. The van der Waals surface area contributed by atoms with Gasteiger partial charge in [0, 0.05) is 0 Å². The van der Waals surface area contributed by atoms with E-state index in [0.29, 0.717) is 0 Å². The highest BCUT2D eigenvalue weighted by molar-refractivity contribution is 6.27. The van der Waals surface area contributed by atoms with Crippen LogP contribution in [0.1, 0.15) is 39.8 Å². The van der Waals surface area contributed by atoms with Crippen molar-refractivity contribution in [1.29, 1.82) is 0 Å². The number of hydrogen-bond donors (Lipinski definition) is 0. The van der Waals surface area contributed by atoms with E-state index in [1.54, 1.807) is 0 Å². The van der Waals surface area contributed by atoms with Gasteiger partial charge in [-0.05, 0) is 98.4 Å². The molecule has 0 amide bonds. The zero-order valence-corrected chi connectivity index (χ0v) is 24.1. The molecule has 0 heterocycles. The summed E-state index contributed by atoms with van der Waals surface area (Å²) in [6.45, 7) is 0. The summed E-state index contributed by atoms with van der Waals surface area (Å²) in [5.41, 5.74) is -5.43. The molecule has 0 atom stereocenters. The Balaban J connectivity index is 1.34. The molecule has 0 fully saturated rings. The van der Waals surface area contributed by atoms with Gasteiger partial charge in [-0.1, -0.05) is 181 Å². The van der Waals surface area contributed by atoms with Crippen LogP contribution in [-0.4, -0.2) is 0 Å². The maximum Gasteiger partial charge on any atom is 0.0630 e. The highest BCUT2D eigenvalue weighted by Gasteiger charge is 2.15. The van der Waals surface area contributed by atoms with Crippen molar-refractivity contribution in [2.75, 3.05) is 0 Å². The first-order chi connectivity index (χ1) is 35.9. The van der Waals surface area contributed by atoms with Crippen LogP contribution in [0.15, 0.2) is 181 Å². The lowest BCUT2D eigenvalue weighted by atomic mass is 9.86. The fourth-order valence-electron chi connectivity index (χ4n) is 5.76. The van der Waals surface area contributed by atoms with Gasteiger partial charge in [0.2, 0.25) is 0 Å². The van der Waals surface area contributed by atoms with Gasteiger partial charge in [0.05, 0.1) is 39.8 Å². The largest absolute Gasteiger partial charge is 0.0630 e. The van der Waals surface area contributed by atoms with Gasteiger partial charge < -0.3 is 0 Å². The van der Waals surface area contributed by atoms with Crippen molar-refractivity contribution in [2.45, 2.75) is 0 Å². The Morgan fingerprint density at radius 2 is 0.646 bits per heavy atom. The fourth-order valence-corrected chi connectivity index (χ4v) is 5.76. The fraction of sp³-hybridized carbons (Fsp3) is 0. The molecule has 10 aromatic carbocycles. The molecule has 222 valence electrons. The first-order valence-corrected chi connectivity index (χ1v) is 14.3. The van der Waals surface area contributed by atoms with E-state index in [1.807, 2.05) is 0 Å². The van der Waals surface area contributed by atoms with Crippen molar-refractivity contribution in [3.63, 3.8) is 0 Å². The third-order valence-corrected chi connectivity index (χ3v) is 7.95. The predicted molar refractivity (Wildman–Crippen MR) is 207 cm³/mol. The molecule has 10 aromatic rings. The van der Waals surface area contributed by atoms with Crippen LogP contribution in [0.5, 0.6) is 0 Å². The van der Waals surface area contributed by atoms with Crippen molar-refractivity contribution in [2.24, 2.45) is 0 Å². The van der Waals surface area contributed by atoms with Gasteiger partial charge >= 0.3 is 0 Å². The number of benzene rings is 10. The van der Waals surface area contributed by atoms with E-state index in [4.69, 9.17) is 20.6 Å². The summed E-state index contributed by atoms with van der Waals surface area (Å²) in [5, 5.41) is -5.20. The number of hydrogen-bond acceptors (Lipinski definition) is 0. The van der Waals surface area contributed by atoms with E-state index in [-0.39, 0.29) is 0 Å². The van der Waals surface area contributed by atoms with Gasteiger partial charge in [0.15, 0.2) is 0 Å². The summed E-state index contributed by atoms with van der Waals surface area (Å²) >= 11 is 0. The highest BCUT2D eigenvalue weighted by Crippen LogP contribution is 2.43. The second-order valence-electron chi connectivity index (χ2n) is 10.6. The average Bonchev–Trinajstić information content (AvgIpc) is 3.43. The Bertz CT molecular complexity index is 4420. The molecule has 0 aliphatic heterocycles. The zero-order chi connectivity index (χ0) is 56.8. The topological polar surface area (TPSA) is 0 Å². The van der Waals surface area contributed by atoms with Crippen molar-refractivity contribution >= 4 is 53.9 Å². The average molecular weight is 636 g/mol. The monoisotopic (exact) mass is 635 g/mol. The van der Waals surface area contributed by atoms with Crippen LogP contribution < -0.4 is 0 Å². The van der Waals surface area contributed by atoms with Crippen LogP contribution in [0.2, 0.25) is 0 Å². The molecular weight excluding hydrogens is 577 g/mol. The quantitative estimate of drug-likeness (QED) is 0.169. The number of rotatable bonds is 4. The lowest BCUT2D eigenvalue weighted by molar-refractivity contribution is 1.62. The molecular formula is C48H30. The van der Waals surface area contributed by atoms with Crippen LogP contribution in [0, 0.1) is 0 Å². The van der Waals surface area contributed by atoms with Crippen LogP contribution in [-0.2, 0) is 0 Å². The van der Waals surface area contributed by atoms with E-state index < -0.39 is 274 Å². The van der Waals surface area contributed by atoms with E-state index in [2.05, 4.69) is 0 Å². The SMILES string of the molecule is [2H]c1cc(-c2c([2H])c([2H])c(-c3c([2H])c([2H])c4c([2H])c([2H])c5c([2H])c([2H])c(-c6c([2H])c([2H])c(-c7c([2H])c([2H])c([2H])c8c([2H])c([2H])c([2H])c([2H])c78)c([2H])c6[2H])c6c([2H])c([2H])c3c4c56)c([2H])c2[2H])c2c([2H])c([2H])c([2H])c([2H])c2c1[2H]. The molecule has 0 saturated carbocycles. The summed E-state index contributed by atoms with van der Waals surface area (Å²) in [6.07, 6.45) is 0. The molecule has 0 aliphatic rings. The first kappa shape index (κ1) is 10.9. The van der Waals surface area contributed by atoms with Crippen LogP contribution in [0.4, 0.5) is 0 Å². The second kappa shape index (κ2) is 10.7. The molecule has 0 spiro atoms. The van der Waals surface area contributed by atoms with Gasteiger partial charge in [0.1, 0.15) is 0 Å². The molecule has 0 saturated heterocycles. The maximum absolute atomic E-state index is 9.63. The highest BCUT2D eigenvalue weighted by atomic mass is 14.2. The lowest BCUT2D eigenvalue weighted by Gasteiger charge is -2.17. The van der Waals surface area contributed by atoms with E-state index in [9.17, 15) is 19.2 Å². The molecule has 48 heavy (non-hydrogen) atoms. The van der Waals surface area contributed by atoms with Crippen molar-refractivity contribution in [3.05, 3.63) is 181 Å². The molecule has 10 rings (SSSR count). The zero-order valence-electron chi connectivity index (χ0n) is 53.1. The van der Waals surface area contributed by atoms with Crippen molar-refractivity contribution in [3.8, 4) is 44.5 Å². The van der Waals surface area contributed by atoms with Gasteiger partial charge in [-0.3, -0.25) is 0 Å². The molecule has 0 N–H and O–H groups in total. The van der Waals surface area contributed by atoms with Crippen LogP contribution in [0.3, 0.4) is 0 Å². The van der Waals surface area contributed by atoms with E-state index >= 15 is 0 Å². The summed E-state index contributed by atoms with van der Waals surface area (Å²) in [7, 11) is 0. The molecule has 0 aromatic heterocycles. The minimum absolute atomic E-state index is 0.396. The minimum Gasteiger partial charge on any atom is -0.0616 e. The smallest absolute Gasteiger partial charge is 0.0616 e. The second-order valence-corrected chi connectivity index (χ2v) is 10.6. The summed E-state index contributed by atoms with van der Waals surface area (Å²) < 4.78 is 260. The first-order valence-electron chi connectivity index (χ1n) is 28.8. The molecule has 0 aliphatic carbocycles. The molecule has 0 nitrogen and oxygen atoms in total. The Morgan fingerprint density at radius 1 is 0.250 bits per heavy atom. The van der Waals surface area contributed by atoms with E-state index in [0.717, 1.165) is 6.07 Å². The molecule has 0 bridgehead atoms. The molecule has 0 unspecified atom stereocenters. The summed E-state index contributed by atoms with van der Waals surface area (Å²) in [5.74, 6) is 0. The standard InChI is InChI=1S/C48H30/c1-3-11-39-31(7-1)9-5-13-41(39)33-15-19-35(20-16-33)43-27-25-37-23-24-38-26-28-44(46-30-29-45(43)47(37)48(38)46)36-21-17-34(18-22-36)42-14-6-10-32-8-2-4-12-40(32)42/h1-30H/i1D,2D,3D,4D,5D,6D,7D,8D,9D,10D,11D,12D,13D,15D,16D,17D,18D,19D,20D,21D,22D,23D,24D,25D,26D,27D,28D,29D,30D. The van der Waals surface area contributed by atoms with Crippen molar-refractivity contribution in [1.82, 2.24) is 0 Å². The lowest BCUT2D eigenvalue weighted by Crippen LogP contribution is -1.90. The van der Waals surface area contributed by atoms with Gasteiger partial charge in [0.25, 0.3) is 0 Å². The van der Waals surface area contributed by atoms with Gasteiger partial charge in [-0.15, -0.1) is 0 Å². The Labute approximate surface area is 320 Å². The van der Waals surface area contributed by atoms with Gasteiger partial charge in [-0.2, -0.15) is 0 Å². The van der Waals surface area contributed by atoms with Gasteiger partial charge in [-0.25, -0.2) is 0 Å². The van der Waals surface area contributed by atoms with E-state index in [1.165, 1.54) is 0 Å². The molecule has 0 heteroatoms. The Hall–Kier alpha value is -6.24. The Morgan fingerprint density at radius 3 is 1.19 bits per heavy atom. The third kappa shape index (κ3) is 4.16. The Kier molecular flexibility index (Phi) is 2.42. The third-order valence-electron chi connectivity index (χ3n) is 7.95. The van der Waals surface area contributed by atoms with Crippen LogP contribution in [0.25, 0.3) is 98.4 Å². The number of fused-ring (bicyclic) bond motifs is 2. The minimum atomic E-state index is -1.03. The summed E-state index contributed by atoms with van der Waals surface area (Å²) in [4.78, 5) is 0. The predicted octanol–water partition coefficient (Wildman–Crippen LogP) is 13.6. The van der Waals surface area contributed by atoms with Crippen molar-refractivity contribution < 1.29 is 39.8 Å².